The fourth-order valence-electron chi connectivity index (χ4n) is 4.32. The minimum Gasteiger partial charge on any atom is -0.352 e. The minimum absolute atomic E-state index is 0.0449. The number of carbonyl (C=O) groups excluding carboxylic acids is 2. The SMILES string of the molecule is Cc1cc(C)n(-c2ccc(CNC(=O)C3CC(=O)N(C4CCCC4)C3)cn2)n1. The lowest BCUT2D eigenvalue weighted by Crippen LogP contribution is -2.36. The molecule has 1 saturated heterocycles. The van der Waals surface area contributed by atoms with Gasteiger partial charge in [-0.2, -0.15) is 5.10 Å². The van der Waals surface area contributed by atoms with Crippen LogP contribution < -0.4 is 5.32 Å². The summed E-state index contributed by atoms with van der Waals surface area (Å²) in [5.41, 5.74) is 2.91. The van der Waals surface area contributed by atoms with Crippen molar-refractivity contribution in [3.05, 3.63) is 41.3 Å². The van der Waals surface area contributed by atoms with E-state index in [1.54, 1.807) is 10.9 Å². The lowest BCUT2D eigenvalue weighted by atomic mass is 10.1. The first kappa shape index (κ1) is 18.7. The molecule has 0 aromatic carbocycles. The zero-order valence-electron chi connectivity index (χ0n) is 16.5. The van der Waals surface area contributed by atoms with Gasteiger partial charge in [0, 0.05) is 37.4 Å². The summed E-state index contributed by atoms with van der Waals surface area (Å²) in [6, 6.07) is 6.20. The van der Waals surface area contributed by atoms with Gasteiger partial charge in [-0.05, 0) is 44.4 Å². The summed E-state index contributed by atoms with van der Waals surface area (Å²) in [5, 5.41) is 7.40. The maximum Gasteiger partial charge on any atom is 0.225 e. The molecule has 0 radical (unpaired) electrons. The lowest BCUT2D eigenvalue weighted by molar-refractivity contribution is -0.130. The standard InChI is InChI=1S/C21H27N5O2/c1-14-9-15(2)26(24-14)19-8-7-16(11-22-19)12-23-21(28)17-10-20(27)25(13-17)18-5-3-4-6-18/h7-9,11,17-18H,3-6,10,12-13H2,1-2H3,(H,23,28). The fourth-order valence-corrected chi connectivity index (χ4v) is 4.32. The molecule has 1 aliphatic carbocycles. The molecule has 1 aliphatic heterocycles. The molecule has 7 nitrogen and oxygen atoms in total. The van der Waals surface area contributed by atoms with Crippen LogP contribution in [0.15, 0.2) is 24.4 Å². The molecule has 3 heterocycles. The molecule has 2 aliphatic rings. The van der Waals surface area contributed by atoms with Gasteiger partial charge in [-0.25, -0.2) is 9.67 Å². The van der Waals surface area contributed by atoms with Crippen LogP contribution in [-0.4, -0.2) is 44.1 Å². The van der Waals surface area contributed by atoms with Crippen molar-refractivity contribution in [2.75, 3.05) is 6.54 Å². The highest BCUT2D eigenvalue weighted by atomic mass is 16.2. The van der Waals surface area contributed by atoms with Gasteiger partial charge in [-0.3, -0.25) is 9.59 Å². The molecular formula is C21H27N5O2. The van der Waals surface area contributed by atoms with Crippen LogP contribution in [0, 0.1) is 19.8 Å². The largest absolute Gasteiger partial charge is 0.352 e. The number of aryl methyl sites for hydroxylation is 2. The predicted molar refractivity (Wildman–Crippen MR) is 105 cm³/mol. The van der Waals surface area contributed by atoms with E-state index in [4.69, 9.17) is 0 Å². The number of rotatable bonds is 5. The van der Waals surface area contributed by atoms with Crippen LogP contribution in [0.5, 0.6) is 0 Å². The summed E-state index contributed by atoms with van der Waals surface area (Å²) in [7, 11) is 0. The highest BCUT2D eigenvalue weighted by Gasteiger charge is 2.38. The third-order valence-electron chi connectivity index (χ3n) is 5.80. The average molecular weight is 381 g/mol. The molecule has 1 unspecified atom stereocenters. The van der Waals surface area contributed by atoms with Gasteiger partial charge in [0.05, 0.1) is 11.6 Å². The molecule has 1 saturated carbocycles. The van der Waals surface area contributed by atoms with Crippen LogP contribution in [0.4, 0.5) is 0 Å². The van der Waals surface area contributed by atoms with E-state index < -0.39 is 0 Å². The summed E-state index contributed by atoms with van der Waals surface area (Å²) in [6.07, 6.45) is 6.62. The van der Waals surface area contributed by atoms with Gasteiger partial charge in [0.2, 0.25) is 11.8 Å². The van der Waals surface area contributed by atoms with Crippen molar-refractivity contribution < 1.29 is 9.59 Å². The van der Waals surface area contributed by atoms with Crippen LogP contribution in [-0.2, 0) is 16.1 Å². The van der Waals surface area contributed by atoms with E-state index in [2.05, 4.69) is 15.4 Å². The van der Waals surface area contributed by atoms with Gasteiger partial charge < -0.3 is 10.2 Å². The topological polar surface area (TPSA) is 80.1 Å². The van der Waals surface area contributed by atoms with Gasteiger partial charge in [-0.1, -0.05) is 18.9 Å². The van der Waals surface area contributed by atoms with Crippen molar-refractivity contribution in [1.82, 2.24) is 25.0 Å². The van der Waals surface area contributed by atoms with E-state index in [1.807, 2.05) is 36.9 Å². The summed E-state index contributed by atoms with van der Waals surface area (Å²) in [5.74, 6) is 0.601. The van der Waals surface area contributed by atoms with Gasteiger partial charge in [-0.15, -0.1) is 0 Å². The van der Waals surface area contributed by atoms with E-state index in [9.17, 15) is 9.59 Å². The Bertz CT molecular complexity index is 867. The molecule has 148 valence electrons. The number of hydrogen-bond acceptors (Lipinski definition) is 4. The number of pyridine rings is 1. The highest BCUT2D eigenvalue weighted by Crippen LogP contribution is 2.29. The zero-order valence-corrected chi connectivity index (χ0v) is 16.5. The number of carbonyl (C=O) groups is 2. The Balaban J connectivity index is 1.32. The molecule has 28 heavy (non-hydrogen) atoms. The molecule has 2 aromatic rings. The third kappa shape index (κ3) is 3.79. The van der Waals surface area contributed by atoms with Gasteiger partial charge in [0.15, 0.2) is 5.82 Å². The van der Waals surface area contributed by atoms with Gasteiger partial charge in [0.1, 0.15) is 0 Å². The zero-order chi connectivity index (χ0) is 19.7. The van der Waals surface area contributed by atoms with Crippen LogP contribution in [0.1, 0.15) is 49.1 Å². The minimum atomic E-state index is -0.241. The molecule has 1 N–H and O–H groups in total. The third-order valence-corrected chi connectivity index (χ3v) is 5.80. The number of hydrogen-bond donors (Lipinski definition) is 1. The van der Waals surface area contributed by atoms with Crippen molar-refractivity contribution in [2.45, 2.75) is 58.5 Å². The normalized spacial score (nSPS) is 20.1. The monoisotopic (exact) mass is 381 g/mol. The number of amides is 2. The Morgan fingerprint density at radius 3 is 2.68 bits per heavy atom. The fraction of sp³-hybridized carbons (Fsp3) is 0.524. The average Bonchev–Trinajstić information content (AvgIpc) is 3.40. The second-order valence-corrected chi connectivity index (χ2v) is 7.97. The van der Waals surface area contributed by atoms with Crippen molar-refractivity contribution >= 4 is 11.8 Å². The summed E-state index contributed by atoms with van der Waals surface area (Å²) in [6.45, 7) is 4.92. The molecule has 4 rings (SSSR count). The quantitative estimate of drug-likeness (QED) is 0.862. The Kier molecular flexibility index (Phi) is 5.15. The van der Waals surface area contributed by atoms with Crippen molar-refractivity contribution in [3.63, 3.8) is 0 Å². The predicted octanol–water partition coefficient (Wildman–Crippen LogP) is 2.29. The lowest BCUT2D eigenvalue weighted by Gasteiger charge is -2.23. The second kappa shape index (κ2) is 7.73. The molecule has 7 heteroatoms. The second-order valence-electron chi connectivity index (χ2n) is 7.97. The number of likely N-dealkylation sites (tertiary alicyclic amines) is 1. The molecule has 0 bridgehead atoms. The number of nitrogens with zero attached hydrogens (tertiary/aromatic N) is 4. The van der Waals surface area contributed by atoms with Crippen LogP contribution >= 0.6 is 0 Å². The van der Waals surface area contributed by atoms with Crippen LogP contribution in [0.3, 0.4) is 0 Å². The molecule has 1 atom stereocenters. The first-order chi connectivity index (χ1) is 13.5. The first-order valence-corrected chi connectivity index (χ1v) is 10.1. The highest BCUT2D eigenvalue weighted by molar-refractivity contribution is 5.89. The van der Waals surface area contributed by atoms with Crippen molar-refractivity contribution in [1.29, 1.82) is 0 Å². The van der Waals surface area contributed by atoms with Crippen LogP contribution in [0.25, 0.3) is 5.82 Å². The smallest absolute Gasteiger partial charge is 0.225 e. The number of nitrogens with one attached hydrogen (secondary N) is 1. The van der Waals surface area contributed by atoms with Crippen molar-refractivity contribution in [3.8, 4) is 5.82 Å². The first-order valence-electron chi connectivity index (χ1n) is 10.1. The van der Waals surface area contributed by atoms with E-state index in [0.29, 0.717) is 25.6 Å². The Hall–Kier alpha value is -2.70. The summed E-state index contributed by atoms with van der Waals surface area (Å²) < 4.78 is 1.81. The maximum atomic E-state index is 12.5. The van der Waals surface area contributed by atoms with Gasteiger partial charge >= 0.3 is 0 Å². The van der Waals surface area contributed by atoms with E-state index in [1.165, 1.54) is 12.8 Å². The van der Waals surface area contributed by atoms with E-state index in [0.717, 1.165) is 35.6 Å². The van der Waals surface area contributed by atoms with E-state index >= 15 is 0 Å². The molecular weight excluding hydrogens is 354 g/mol. The molecule has 2 amide bonds. The molecule has 0 spiro atoms. The Morgan fingerprint density at radius 2 is 2.04 bits per heavy atom. The summed E-state index contributed by atoms with van der Waals surface area (Å²) >= 11 is 0. The maximum absolute atomic E-state index is 12.5. The van der Waals surface area contributed by atoms with Crippen molar-refractivity contribution in [2.24, 2.45) is 5.92 Å². The van der Waals surface area contributed by atoms with Gasteiger partial charge in [0.25, 0.3) is 0 Å². The number of aromatic nitrogens is 3. The van der Waals surface area contributed by atoms with Crippen LogP contribution in [0.2, 0.25) is 0 Å². The Labute approximate surface area is 165 Å². The Morgan fingerprint density at radius 1 is 1.25 bits per heavy atom. The molecule has 2 fully saturated rings. The van der Waals surface area contributed by atoms with E-state index in [-0.39, 0.29) is 17.7 Å². The molecule has 2 aromatic heterocycles. The summed E-state index contributed by atoms with van der Waals surface area (Å²) in [4.78, 5) is 31.2.